The van der Waals surface area contributed by atoms with Crippen molar-refractivity contribution in [3.8, 4) is 0 Å². The van der Waals surface area contributed by atoms with Gasteiger partial charge in [0.1, 0.15) is 17.8 Å². The van der Waals surface area contributed by atoms with Gasteiger partial charge in [-0.1, -0.05) is 42.5 Å². The van der Waals surface area contributed by atoms with E-state index < -0.39 is 17.8 Å². The molecule has 1 unspecified atom stereocenters. The summed E-state index contributed by atoms with van der Waals surface area (Å²) in [6, 6.07) is 13.2. The number of likely N-dealkylation sites (tertiary alicyclic amines) is 1. The van der Waals surface area contributed by atoms with Crippen LogP contribution in [0.2, 0.25) is 0 Å². The van der Waals surface area contributed by atoms with Crippen molar-refractivity contribution < 1.29 is 19.1 Å². The average molecular weight is 455 g/mol. The van der Waals surface area contributed by atoms with E-state index in [0.29, 0.717) is 38.9 Å². The molecular formula is C25H34N4O4. The van der Waals surface area contributed by atoms with Gasteiger partial charge < -0.3 is 25.6 Å². The third-order valence-electron chi connectivity index (χ3n) is 6.32. The van der Waals surface area contributed by atoms with Crippen molar-refractivity contribution in [2.24, 2.45) is 5.73 Å². The molecule has 0 saturated carbocycles. The molecule has 1 aliphatic heterocycles. The Bertz CT molecular complexity index is 993. The van der Waals surface area contributed by atoms with Gasteiger partial charge in [0.05, 0.1) is 0 Å². The molecule has 0 radical (unpaired) electrons. The third kappa shape index (κ3) is 5.51. The molecule has 0 aliphatic carbocycles. The molecule has 0 bridgehead atoms. The lowest BCUT2D eigenvalue weighted by Gasteiger charge is -2.39. The monoisotopic (exact) mass is 454 g/mol. The molecule has 8 heteroatoms. The number of nitrogens with two attached hydrogens (primary N) is 1. The van der Waals surface area contributed by atoms with Gasteiger partial charge in [0, 0.05) is 33.2 Å². The Morgan fingerprint density at radius 1 is 1.27 bits per heavy atom. The zero-order valence-corrected chi connectivity index (χ0v) is 19.6. The van der Waals surface area contributed by atoms with Crippen molar-refractivity contribution >= 4 is 29.0 Å². The first-order valence-electron chi connectivity index (χ1n) is 11.4. The first-order chi connectivity index (χ1) is 15.8. The third-order valence-corrected chi connectivity index (χ3v) is 6.32. The predicted molar refractivity (Wildman–Crippen MR) is 127 cm³/mol. The van der Waals surface area contributed by atoms with Crippen molar-refractivity contribution in [1.29, 1.82) is 0 Å². The van der Waals surface area contributed by atoms with Crippen LogP contribution in [0.25, 0.3) is 10.8 Å². The van der Waals surface area contributed by atoms with Crippen LogP contribution in [0.4, 0.5) is 0 Å². The molecule has 33 heavy (non-hydrogen) atoms. The summed E-state index contributed by atoms with van der Waals surface area (Å²) in [5.74, 6) is -0.489. The van der Waals surface area contributed by atoms with E-state index in [9.17, 15) is 14.4 Å². The number of rotatable bonds is 10. The fourth-order valence-electron chi connectivity index (χ4n) is 4.32. The smallest absolute Gasteiger partial charge is 0.255 e. The fourth-order valence-corrected chi connectivity index (χ4v) is 4.32. The largest absolute Gasteiger partial charge is 0.369 e. The van der Waals surface area contributed by atoms with E-state index in [4.69, 9.17) is 10.5 Å². The van der Waals surface area contributed by atoms with Gasteiger partial charge in [-0.05, 0) is 43.0 Å². The van der Waals surface area contributed by atoms with Crippen LogP contribution in [0.15, 0.2) is 42.5 Å². The number of nitrogens with one attached hydrogen (secondary N) is 1. The summed E-state index contributed by atoms with van der Waals surface area (Å²) in [6.07, 6.45) is 1.84. The Hall–Kier alpha value is -2.97. The van der Waals surface area contributed by atoms with Gasteiger partial charge in [-0.2, -0.15) is 0 Å². The molecule has 1 heterocycles. The van der Waals surface area contributed by atoms with Gasteiger partial charge in [-0.25, -0.2) is 0 Å². The number of hydrogen-bond acceptors (Lipinski definition) is 5. The Kier molecular flexibility index (Phi) is 8.05. The fraction of sp³-hybridized carbons (Fsp3) is 0.480. The van der Waals surface area contributed by atoms with Crippen molar-refractivity contribution in [1.82, 2.24) is 15.1 Å². The number of benzene rings is 2. The van der Waals surface area contributed by atoms with E-state index in [0.717, 1.165) is 22.8 Å². The van der Waals surface area contributed by atoms with Crippen molar-refractivity contribution in [3.63, 3.8) is 0 Å². The van der Waals surface area contributed by atoms with Crippen LogP contribution < -0.4 is 11.1 Å². The number of amides is 3. The summed E-state index contributed by atoms with van der Waals surface area (Å²) in [5.41, 5.74) is 5.49. The maximum absolute atomic E-state index is 13.2. The molecule has 3 rings (SSSR count). The zero-order chi connectivity index (χ0) is 24.0. The average Bonchev–Trinajstić information content (AvgIpc) is 3.31. The molecule has 3 N–H and O–H groups in total. The van der Waals surface area contributed by atoms with E-state index in [1.54, 1.807) is 18.7 Å². The van der Waals surface area contributed by atoms with Gasteiger partial charge in [-0.3, -0.25) is 14.4 Å². The second kappa shape index (κ2) is 10.8. The topological polar surface area (TPSA) is 105 Å². The van der Waals surface area contributed by atoms with Gasteiger partial charge >= 0.3 is 0 Å². The molecule has 2 aromatic rings. The first kappa shape index (κ1) is 24.7. The second-order valence-corrected chi connectivity index (χ2v) is 8.87. The predicted octanol–water partition coefficient (Wildman–Crippen LogP) is 1.66. The van der Waals surface area contributed by atoms with Crippen LogP contribution in [0, 0.1) is 0 Å². The summed E-state index contributed by atoms with van der Waals surface area (Å²) in [4.78, 5) is 41.8. The van der Waals surface area contributed by atoms with Crippen molar-refractivity contribution in [2.75, 3.05) is 26.7 Å². The number of carbonyl (C=O) groups excluding carboxylic acids is 3. The highest BCUT2D eigenvalue weighted by Gasteiger charge is 2.42. The molecule has 2 atom stereocenters. The number of methoxy groups -OCH3 is 1. The number of fused-ring (bicyclic) bond motifs is 1. The van der Waals surface area contributed by atoms with Gasteiger partial charge in [-0.15, -0.1) is 0 Å². The molecule has 1 saturated heterocycles. The molecule has 0 spiro atoms. The quantitative estimate of drug-likeness (QED) is 0.531. The summed E-state index contributed by atoms with van der Waals surface area (Å²) in [6.45, 7) is 4.52. The van der Waals surface area contributed by atoms with E-state index in [2.05, 4.69) is 5.32 Å². The summed E-state index contributed by atoms with van der Waals surface area (Å²) in [5, 5.41) is 4.99. The van der Waals surface area contributed by atoms with Crippen molar-refractivity contribution in [3.05, 3.63) is 48.0 Å². The second-order valence-electron chi connectivity index (χ2n) is 8.87. The van der Waals surface area contributed by atoms with Crippen molar-refractivity contribution in [2.45, 2.75) is 50.9 Å². The van der Waals surface area contributed by atoms with Crippen LogP contribution in [0.3, 0.4) is 0 Å². The first-order valence-corrected chi connectivity index (χ1v) is 11.4. The van der Waals surface area contributed by atoms with Gasteiger partial charge in [0.2, 0.25) is 12.3 Å². The Labute approximate surface area is 195 Å². The maximum atomic E-state index is 13.2. The molecule has 1 aliphatic rings. The van der Waals surface area contributed by atoms with Crippen LogP contribution >= 0.6 is 0 Å². The normalized spacial score (nSPS) is 17.1. The summed E-state index contributed by atoms with van der Waals surface area (Å²) in [7, 11) is 1.49. The van der Waals surface area contributed by atoms with E-state index in [1.165, 1.54) is 12.0 Å². The van der Waals surface area contributed by atoms with Crippen LogP contribution in [-0.4, -0.2) is 72.6 Å². The number of hydrogen-bond donors (Lipinski definition) is 2. The lowest BCUT2D eigenvalue weighted by molar-refractivity contribution is -0.158. The lowest BCUT2D eigenvalue weighted by atomic mass is 9.99. The van der Waals surface area contributed by atoms with Crippen LogP contribution in [0.1, 0.15) is 32.3 Å². The molecule has 178 valence electrons. The highest BCUT2D eigenvalue weighted by Crippen LogP contribution is 2.27. The number of nitrogens with zero attached hydrogens (tertiary/aromatic N) is 2. The minimum atomic E-state index is -1.02. The van der Waals surface area contributed by atoms with Crippen LogP contribution in [-0.2, 0) is 25.5 Å². The lowest BCUT2D eigenvalue weighted by Crippen LogP contribution is -2.59. The highest BCUT2D eigenvalue weighted by atomic mass is 16.5. The van der Waals surface area contributed by atoms with E-state index in [1.807, 2.05) is 42.5 Å². The minimum Gasteiger partial charge on any atom is -0.369 e. The summed E-state index contributed by atoms with van der Waals surface area (Å²) >= 11 is 0. The summed E-state index contributed by atoms with van der Waals surface area (Å²) < 4.78 is 5.38. The maximum Gasteiger partial charge on any atom is 0.255 e. The molecule has 8 nitrogen and oxygen atoms in total. The van der Waals surface area contributed by atoms with Crippen LogP contribution in [0.5, 0.6) is 0 Å². The SMILES string of the molecule is COC(C)(C)C(=O)N1CCCC1N(C=O)[C@H](Cc1ccc2ccccc2c1)C(=O)NCCN. The Balaban J connectivity index is 1.92. The van der Waals surface area contributed by atoms with Gasteiger partial charge in [0.15, 0.2) is 0 Å². The van der Waals surface area contributed by atoms with Gasteiger partial charge in [0.25, 0.3) is 5.91 Å². The number of carbonyl (C=O) groups is 3. The standard InChI is InChI=1S/C25H34N4O4/c1-25(2,33-3)24(32)28-14-6-9-22(28)29(17-30)21(23(31)27-13-12-26)16-18-10-11-19-7-4-5-8-20(19)15-18/h4-5,7-8,10-11,15,17,21-22H,6,9,12-14,16,26H2,1-3H3,(H,27,31)/t21-,22?/m1/s1. The van der Waals surface area contributed by atoms with E-state index >= 15 is 0 Å². The molecule has 0 aromatic heterocycles. The molecule has 2 aromatic carbocycles. The molecular weight excluding hydrogens is 420 g/mol. The number of ether oxygens (including phenoxy) is 1. The highest BCUT2D eigenvalue weighted by molar-refractivity contribution is 5.87. The molecule has 1 fully saturated rings. The Morgan fingerprint density at radius 2 is 2.00 bits per heavy atom. The minimum absolute atomic E-state index is 0.203. The Morgan fingerprint density at radius 3 is 2.67 bits per heavy atom. The zero-order valence-electron chi connectivity index (χ0n) is 19.6. The van der Waals surface area contributed by atoms with E-state index in [-0.39, 0.29) is 11.8 Å². The molecule has 3 amide bonds.